The van der Waals surface area contributed by atoms with E-state index in [-0.39, 0.29) is 17.2 Å². The van der Waals surface area contributed by atoms with Crippen molar-refractivity contribution in [3.63, 3.8) is 0 Å². The summed E-state index contributed by atoms with van der Waals surface area (Å²) in [4.78, 5) is 32.6. The van der Waals surface area contributed by atoms with Gasteiger partial charge in [-0.15, -0.1) is 17.9 Å². The van der Waals surface area contributed by atoms with Crippen molar-refractivity contribution in [2.75, 3.05) is 11.1 Å². The molecule has 1 aliphatic rings. The van der Waals surface area contributed by atoms with Crippen molar-refractivity contribution in [2.45, 2.75) is 50.7 Å². The molecule has 0 atom stereocenters. The number of thiophene rings is 1. The summed E-state index contributed by atoms with van der Waals surface area (Å²) in [5, 5.41) is 4.33. The number of amides is 1. The van der Waals surface area contributed by atoms with Gasteiger partial charge >= 0.3 is 0 Å². The Morgan fingerprint density at radius 1 is 1.37 bits per heavy atom. The van der Waals surface area contributed by atoms with Crippen molar-refractivity contribution in [2.24, 2.45) is 0 Å². The molecule has 156 valence electrons. The fraction of sp³-hybridized carbons (Fsp3) is 0.348. The number of aromatic nitrogens is 2. The Hall–Kier alpha value is -2.38. The fourth-order valence-corrected chi connectivity index (χ4v) is 6.00. The second-order valence-electron chi connectivity index (χ2n) is 7.72. The summed E-state index contributed by atoms with van der Waals surface area (Å²) < 4.78 is 1.64. The van der Waals surface area contributed by atoms with E-state index in [4.69, 9.17) is 4.98 Å². The maximum atomic E-state index is 13.2. The number of allylic oxidation sites excluding steroid dienone is 1. The van der Waals surface area contributed by atoms with E-state index in [1.807, 2.05) is 24.3 Å². The van der Waals surface area contributed by atoms with E-state index in [0.717, 1.165) is 40.7 Å². The molecule has 5 nitrogen and oxygen atoms in total. The van der Waals surface area contributed by atoms with E-state index in [2.05, 4.69) is 25.7 Å². The zero-order chi connectivity index (χ0) is 21.3. The van der Waals surface area contributed by atoms with Gasteiger partial charge in [-0.05, 0) is 42.4 Å². The Balaban J connectivity index is 1.58. The first-order chi connectivity index (χ1) is 14.5. The third-order valence-corrected chi connectivity index (χ3v) is 7.45. The molecule has 1 amide bonds. The van der Waals surface area contributed by atoms with Crippen molar-refractivity contribution in [3.05, 3.63) is 63.3 Å². The van der Waals surface area contributed by atoms with Gasteiger partial charge in [0.2, 0.25) is 5.91 Å². The number of nitrogens with one attached hydrogen (secondary N) is 1. The number of rotatable bonds is 7. The van der Waals surface area contributed by atoms with Crippen LogP contribution in [0, 0.1) is 0 Å². The minimum Gasteiger partial charge on any atom is -0.325 e. The SMILES string of the molecule is C=CCn1c(SCC(=O)Nc2ccccc2C(C)C)nc2sc3c(c2c1=O)CCC3. The third-order valence-electron chi connectivity index (χ3n) is 5.29. The average Bonchev–Trinajstić information content (AvgIpc) is 3.30. The smallest absolute Gasteiger partial charge is 0.263 e. The van der Waals surface area contributed by atoms with Crippen LogP contribution in [0.5, 0.6) is 0 Å². The first-order valence-corrected chi connectivity index (χ1v) is 12.0. The largest absolute Gasteiger partial charge is 0.325 e. The average molecular weight is 440 g/mol. The van der Waals surface area contributed by atoms with E-state index in [1.165, 1.54) is 22.2 Å². The van der Waals surface area contributed by atoms with Crippen molar-refractivity contribution < 1.29 is 4.79 Å². The summed E-state index contributed by atoms with van der Waals surface area (Å²) in [5.74, 6) is 0.394. The molecule has 0 saturated carbocycles. The first-order valence-electron chi connectivity index (χ1n) is 10.2. The lowest BCUT2D eigenvalue weighted by atomic mass is 10.0. The van der Waals surface area contributed by atoms with Crippen molar-refractivity contribution in [1.29, 1.82) is 0 Å². The van der Waals surface area contributed by atoms with Gasteiger partial charge in [0.05, 0.1) is 11.1 Å². The van der Waals surface area contributed by atoms with Gasteiger partial charge in [-0.25, -0.2) is 4.98 Å². The molecule has 0 unspecified atom stereocenters. The van der Waals surface area contributed by atoms with E-state index in [1.54, 1.807) is 22.0 Å². The number of fused-ring (bicyclic) bond motifs is 3. The van der Waals surface area contributed by atoms with Gasteiger partial charge in [-0.1, -0.05) is 49.9 Å². The Kier molecular flexibility index (Phi) is 6.11. The highest BCUT2D eigenvalue weighted by molar-refractivity contribution is 7.99. The molecule has 4 rings (SSSR count). The zero-order valence-electron chi connectivity index (χ0n) is 17.2. The van der Waals surface area contributed by atoms with Crippen molar-refractivity contribution in [1.82, 2.24) is 9.55 Å². The van der Waals surface area contributed by atoms with E-state index < -0.39 is 0 Å². The fourth-order valence-electron chi connectivity index (χ4n) is 3.89. The van der Waals surface area contributed by atoms with Gasteiger partial charge < -0.3 is 5.32 Å². The molecule has 0 saturated heterocycles. The molecule has 0 aliphatic heterocycles. The topological polar surface area (TPSA) is 64.0 Å². The van der Waals surface area contributed by atoms with Crippen LogP contribution in [-0.2, 0) is 24.2 Å². The molecule has 1 N–H and O–H groups in total. The van der Waals surface area contributed by atoms with E-state index in [0.29, 0.717) is 17.6 Å². The van der Waals surface area contributed by atoms with Crippen LogP contribution in [0.3, 0.4) is 0 Å². The predicted octanol–water partition coefficient (Wildman–Crippen LogP) is 4.99. The maximum absolute atomic E-state index is 13.2. The standard InChI is InChI=1S/C23H25N3O2S2/c1-4-12-26-22(28)20-16-9-7-11-18(16)30-21(20)25-23(26)29-13-19(27)24-17-10-6-5-8-15(17)14(2)3/h4-6,8,10,14H,1,7,9,11-13H2,2-3H3,(H,24,27). The number of para-hydroxylation sites is 1. The number of benzene rings is 1. The monoisotopic (exact) mass is 439 g/mol. The molecular weight excluding hydrogens is 414 g/mol. The number of aryl methyl sites for hydroxylation is 2. The molecule has 3 aromatic rings. The first kappa shape index (κ1) is 20.9. The molecular formula is C23H25N3O2S2. The molecule has 2 aromatic heterocycles. The third kappa shape index (κ3) is 3.96. The summed E-state index contributed by atoms with van der Waals surface area (Å²) in [5.41, 5.74) is 3.09. The number of hydrogen-bond donors (Lipinski definition) is 1. The highest BCUT2D eigenvalue weighted by Crippen LogP contribution is 2.35. The Labute approximate surface area is 184 Å². The molecule has 0 bridgehead atoms. The molecule has 7 heteroatoms. The maximum Gasteiger partial charge on any atom is 0.263 e. The van der Waals surface area contributed by atoms with Gasteiger partial charge in [0.15, 0.2) is 5.16 Å². The molecule has 2 heterocycles. The molecule has 0 spiro atoms. The van der Waals surface area contributed by atoms with Crippen LogP contribution in [0.25, 0.3) is 10.2 Å². The highest BCUT2D eigenvalue weighted by atomic mass is 32.2. The van der Waals surface area contributed by atoms with Crippen molar-refractivity contribution >= 4 is 44.9 Å². The van der Waals surface area contributed by atoms with Gasteiger partial charge in [-0.2, -0.15) is 0 Å². The number of carbonyl (C=O) groups excluding carboxylic acids is 1. The Bertz CT molecular complexity index is 1180. The summed E-state index contributed by atoms with van der Waals surface area (Å²) in [6.45, 7) is 8.37. The van der Waals surface area contributed by atoms with Crippen LogP contribution in [0.4, 0.5) is 5.69 Å². The van der Waals surface area contributed by atoms with Crippen LogP contribution in [0.1, 0.15) is 42.2 Å². The van der Waals surface area contributed by atoms with Crippen molar-refractivity contribution in [3.8, 4) is 0 Å². The summed E-state index contributed by atoms with van der Waals surface area (Å²) in [6, 6.07) is 7.84. The minimum atomic E-state index is -0.110. The zero-order valence-corrected chi connectivity index (χ0v) is 18.9. The predicted molar refractivity (Wildman–Crippen MR) is 126 cm³/mol. The Morgan fingerprint density at radius 2 is 2.17 bits per heavy atom. The van der Waals surface area contributed by atoms with Crippen LogP contribution in [-0.4, -0.2) is 21.2 Å². The lowest BCUT2D eigenvalue weighted by Gasteiger charge is -2.14. The highest BCUT2D eigenvalue weighted by Gasteiger charge is 2.23. The molecule has 0 fully saturated rings. The van der Waals surface area contributed by atoms with Crippen LogP contribution < -0.4 is 10.9 Å². The second-order valence-corrected chi connectivity index (χ2v) is 9.74. The van der Waals surface area contributed by atoms with Crippen LogP contribution >= 0.6 is 23.1 Å². The number of carbonyl (C=O) groups is 1. The van der Waals surface area contributed by atoms with Crippen LogP contribution in [0.2, 0.25) is 0 Å². The number of hydrogen-bond acceptors (Lipinski definition) is 5. The van der Waals surface area contributed by atoms with E-state index >= 15 is 0 Å². The Morgan fingerprint density at radius 3 is 2.93 bits per heavy atom. The van der Waals surface area contributed by atoms with Gasteiger partial charge in [0.25, 0.3) is 5.56 Å². The lowest BCUT2D eigenvalue weighted by molar-refractivity contribution is -0.113. The summed E-state index contributed by atoms with van der Waals surface area (Å²) >= 11 is 2.92. The molecule has 1 aromatic carbocycles. The molecule has 0 radical (unpaired) electrons. The molecule has 30 heavy (non-hydrogen) atoms. The normalized spacial score (nSPS) is 13.0. The van der Waals surface area contributed by atoms with Gasteiger partial charge in [-0.3, -0.25) is 14.2 Å². The number of thioether (sulfide) groups is 1. The summed E-state index contributed by atoms with van der Waals surface area (Å²) in [7, 11) is 0. The quantitative estimate of drug-likeness (QED) is 0.320. The molecule has 1 aliphatic carbocycles. The summed E-state index contributed by atoms with van der Waals surface area (Å²) in [6.07, 6.45) is 4.78. The van der Waals surface area contributed by atoms with Gasteiger partial charge in [0, 0.05) is 17.1 Å². The van der Waals surface area contributed by atoms with Gasteiger partial charge in [0.1, 0.15) is 4.83 Å². The minimum absolute atomic E-state index is 0.0210. The van der Waals surface area contributed by atoms with Crippen LogP contribution in [0.15, 0.2) is 46.9 Å². The lowest BCUT2D eigenvalue weighted by Crippen LogP contribution is -2.24. The number of nitrogens with zero attached hydrogens (tertiary/aromatic N) is 2. The van der Waals surface area contributed by atoms with E-state index in [9.17, 15) is 9.59 Å². The number of anilines is 1. The second kappa shape index (κ2) is 8.78.